The predicted octanol–water partition coefficient (Wildman–Crippen LogP) is 4.10. The molecule has 3 rings (SSSR count). The van der Waals surface area contributed by atoms with Crippen LogP contribution < -0.4 is 0 Å². The Kier molecular flexibility index (Phi) is 6.11. The van der Waals surface area contributed by atoms with Crippen molar-refractivity contribution in [3.05, 3.63) is 24.3 Å². The molecule has 0 aliphatic heterocycles. The lowest BCUT2D eigenvalue weighted by Crippen LogP contribution is -2.33. The zero-order valence-electron chi connectivity index (χ0n) is 14.3. The van der Waals surface area contributed by atoms with Gasteiger partial charge in [-0.15, -0.1) is 0 Å². The Labute approximate surface area is 144 Å². The molecular formula is C20H28O4. The number of hydrogen-bond acceptors (Lipinski definition) is 4. The number of hydrogen-bond donors (Lipinski definition) is 0. The van der Waals surface area contributed by atoms with Crippen molar-refractivity contribution in [2.75, 3.05) is 0 Å². The minimum absolute atomic E-state index is 0.00373. The summed E-state index contributed by atoms with van der Waals surface area (Å²) in [4.78, 5) is 24.4. The summed E-state index contributed by atoms with van der Waals surface area (Å²) in [6.45, 7) is 0. The van der Waals surface area contributed by atoms with Crippen LogP contribution in [-0.4, -0.2) is 24.1 Å². The second-order valence-electron chi connectivity index (χ2n) is 7.24. The third-order valence-corrected chi connectivity index (χ3v) is 5.39. The average Bonchev–Trinajstić information content (AvgIpc) is 2.65. The summed E-state index contributed by atoms with van der Waals surface area (Å²) in [5, 5.41) is 0. The maximum atomic E-state index is 12.2. The minimum atomic E-state index is -0.0474. The average molecular weight is 332 g/mol. The smallest absolute Gasteiger partial charge is 0.309 e. The molecular weight excluding hydrogens is 304 g/mol. The van der Waals surface area contributed by atoms with E-state index >= 15 is 0 Å². The summed E-state index contributed by atoms with van der Waals surface area (Å²) in [5.74, 6) is -0.0302. The van der Waals surface area contributed by atoms with E-state index in [0.29, 0.717) is 0 Å². The van der Waals surface area contributed by atoms with Gasteiger partial charge in [0.05, 0.1) is 11.8 Å². The molecule has 0 heterocycles. The number of allylic oxidation sites excluding steroid dienone is 4. The van der Waals surface area contributed by atoms with Crippen LogP contribution in [0.1, 0.15) is 64.2 Å². The van der Waals surface area contributed by atoms with Gasteiger partial charge in [-0.25, -0.2) is 0 Å². The van der Waals surface area contributed by atoms with Crippen molar-refractivity contribution in [1.82, 2.24) is 0 Å². The number of carbonyl (C=O) groups is 2. The summed E-state index contributed by atoms with van der Waals surface area (Å²) in [7, 11) is 0. The first-order chi connectivity index (χ1) is 11.7. The van der Waals surface area contributed by atoms with Crippen molar-refractivity contribution in [3.63, 3.8) is 0 Å². The second kappa shape index (κ2) is 8.50. The molecule has 4 heteroatoms. The molecule has 0 spiro atoms. The van der Waals surface area contributed by atoms with Crippen LogP contribution in [0.4, 0.5) is 0 Å². The molecule has 1 saturated carbocycles. The van der Waals surface area contributed by atoms with Crippen molar-refractivity contribution >= 4 is 11.9 Å². The lowest BCUT2D eigenvalue weighted by atomic mass is 9.92. The fraction of sp³-hybridized carbons (Fsp3) is 0.700. The summed E-state index contributed by atoms with van der Waals surface area (Å²) >= 11 is 0. The van der Waals surface area contributed by atoms with E-state index in [2.05, 4.69) is 24.3 Å². The standard InChI is InChI=1S/C20H28O4/c21-19(15-7-3-1-4-8-15)23-17-11-13-18(14-12-17)24-20(22)16-9-5-2-6-10-16/h1-3,5,15-18H,4,6-14H2. The molecule has 0 bridgehead atoms. The van der Waals surface area contributed by atoms with Gasteiger partial charge < -0.3 is 9.47 Å². The first-order valence-electron chi connectivity index (χ1n) is 9.43. The van der Waals surface area contributed by atoms with Gasteiger partial charge in [-0.2, -0.15) is 0 Å². The molecule has 2 atom stereocenters. The Balaban J connectivity index is 1.37. The van der Waals surface area contributed by atoms with Gasteiger partial charge in [-0.1, -0.05) is 24.3 Å². The fourth-order valence-corrected chi connectivity index (χ4v) is 3.80. The van der Waals surface area contributed by atoms with E-state index in [1.54, 1.807) is 0 Å². The van der Waals surface area contributed by atoms with E-state index in [-0.39, 0.29) is 36.0 Å². The Morgan fingerprint density at radius 3 is 1.38 bits per heavy atom. The van der Waals surface area contributed by atoms with Crippen LogP contribution in [0.25, 0.3) is 0 Å². The van der Waals surface area contributed by atoms with Gasteiger partial charge >= 0.3 is 11.9 Å². The van der Waals surface area contributed by atoms with Crippen LogP contribution in [0.5, 0.6) is 0 Å². The lowest BCUT2D eigenvalue weighted by Gasteiger charge is -2.30. The molecule has 0 radical (unpaired) electrons. The highest BCUT2D eigenvalue weighted by molar-refractivity contribution is 5.73. The fourth-order valence-electron chi connectivity index (χ4n) is 3.80. The molecule has 0 aromatic carbocycles. The molecule has 0 aromatic heterocycles. The van der Waals surface area contributed by atoms with E-state index in [0.717, 1.165) is 64.2 Å². The first-order valence-corrected chi connectivity index (χ1v) is 9.43. The van der Waals surface area contributed by atoms with Crippen molar-refractivity contribution in [3.8, 4) is 0 Å². The molecule has 0 aromatic rings. The van der Waals surface area contributed by atoms with Crippen LogP contribution in [0.15, 0.2) is 24.3 Å². The van der Waals surface area contributed by atoms with Gasteiger partial charge in [-0.05, 0) is 64.2 Å². The van der Waals surface area contributed by atoms with Gasteiger partial charge in [0, 0.05) is 0 Å². The molecule has 1 fully saturated rings. The van der Waals surface area contributed by atoms with E-state index in [1.807, 2.05) is 0 Å². The topological polar surface area (TPSA) is 52.6 Å². The van der Waals surface area contributed by atoms with Gasteiger partial charge in [-0.3, -0.25) is 9.59 Å². The van der Waals surface area contributed by atoms with Gasteiger partial charge in [0.2, 0.25) is 0 Å². The van der Waals surface area contributed by atoms with Crippen LogP contribution in [0.2, 0.25) is 0 Å². The van der Waals surface area contributed by atoms with Crippen LogP contribution in [0.3, 0.4) is 0 Å². The van der Waals surface area contributed by atoms with E-state index in [9.17, 15) is 9.59 Å². The molecule has 24 heavy (non-hydrogen) atoms. The molecule has 4 nitrogen and oxygen atoms in total. The summed E-state index contributed by atoms with van der Waals surface area (Å²) < 4.78 is 11.4. The minimum Gasteiger partial charge on any atom is -0.462 e. The van der Waals surface area contributed by atoms with Crippen molar-refractivity contribution in [2.24, 2.45) is 11.8 Å². The largest absolute Gasteiger partial charge is 0.462 e. The summed E-state index contributed by atoms with van der Waals surface area (Å²) in [6, 6.07) is 0. The Morgan fingerprint density at radius 1 is 0.625 bits per heavy atom. The molecule has 132 valence electrons. The zero-order chi connectivity index (χ0) is 16.8. The highest BCUT2D eigenvalue weighted by Crippen LogP contribution is 2.28. The van der Waals surface area contributed by atoms with Gasteiger partial charge in [0.15, 0.2) is 0 Å². The molecule has 0 N–H and O–H groups in total. The number of carbonyl (C=O) groups excluding carboxylic acids is 2. The maximum absolute atomic E-state index is 12.2. The SMILES string of the molecule is O=C(OC1CCC(OC(=O)C2CC=CCC2)CC1)C1CC=CCC1. The summed E-state index contributed by atoms with van der Waals surface area (Å²) in [6.07, 6.45) is 17.0. The first kappa shape index (κ1) is 17.2. The predicted molar refractivity (Wildman–Crippen MR) is 91.2 cm³/mol. The van der Waals surface area contributed by atoms with Gasteiger partial charge in [0.1, 0.15) is 12.2 Å². The van der Waals surface area contributed by atoms with Crippen molar-refractivity contribution in [2.45, 2.75) is 76.4 Å². The van der Waals surface area contributed by atoms with Crippen LogP contribution >= 0.6 is 0 Å². The quantitative estimate of drug-likeness (QED) is 0.574. The number of ether oxygens (including phenoxy) is 2. The summed E-state index contributed by atoms with van der Waals surface area (Å²) in [5.41, 5.74) is 0. The molecule has 3 aliphatic carbocycles. The van der Waals surface area contributed by atoms with E-state index < -0.39 is 0 Å². The highest BCUT2D eigenvalue weighted by atomic mass is 16.6. The lowest BCUT2D eigenvalue weighted by molar-refractivity contribution is -0.163. The Hall–Kier alpha value is -1.58. The molecule has 2 unspecified atom stereocenters. The van der Waals surface area contributed by atoms with Crippen molar-refractivity contribution in [1.29, 1.82) is 0 Å². The third-order valence-electron chi connectivity index (χ3n) is 5.39. The molecule has 0 amide bonds. The zero-order valence-corrected chi connectivity index (χ0v) is 14.3. The Morgan fingerprint density at radius 2 is 1.04 bits per heavy atom. The Bertz CT molecular complexity index is 454. The monoisotopic (exact) mass is 332 g/mol. The third kappa shape index (κ3) is 4.71. The van der Waals surface area contributed by atoms with Gasteiger partial charge in [0.25, 0.3) is 0 Å². The van der Waals surface area contributed by atoms with Crippen molar-refractivity contribution < 1.29 is 19.1 Å². The van der Waals surface area contributed by atoms with Crippen LogP contribution in [-0.2, 0) is 19.1 Å². The van der Waals surface area contributed by atoms with E-state index in [4.69, 9.17) is 9.47 Å². The van der Waals surface area contributed by atoms with Crippen LogP contribution in [0, 0.1) is 11.8 Å². The number of esters is 2. The van der Waals surface area contributed by atoms with E-state index in [1.165, 1.54) is 0 Å². The molecule has 0 saturated heterocycles. The second-order valence-corrected chi connectivity index (χ2v) is 7.24. The molecule has 3 aliphatic rings. The maximum Gasteiger partial charge on any atom is 0.309 e. The number of rotatable bonds is 4. The normalized spacial score (nSPS) is 33.0. The highest BCUT2D eigenvalue weighted by Gasteiger charge is 2.30.